The number of nitrogens with one attached hydrogen (secondary N) is 1. The average molecular weight is 311 g/mol. The molecular weight excluding hydrogens is 286 g/mol. The van der Waals surface area contributed by atoms with Crippen molar-refractivity contribution in [3.63, 3.8) is 0 Å². The summed E-state index contributed by atoms with van der Waals surface area (Å²) in [7, 11) is -3.38. The van der Waals surface area contributed by atoms with Crippen LogP contribution in [0.3, 0.4) is 0 Å². The zero-order valence-electron chi connectivity index (χ0n) is 12.6. The molecule has 0 saturated heterocycles. The van der Waals surface area contributed by atoms with Crippen molar-refractivity contribution in [1.29, 1.82) is 0 Å². The summed E-state index contributed by atoms with van der Waals surface area (Å²) in [5, 5.41) is 0. The number of hydrogen-bond acceptors (Lipinski definition) is 4. The van der Waals surface area contributed by atoms with Crippen LogP contribution in [0.25, 0.3) is 0 Å². The van der Waals surface area contributed by atoms with Gasteiger partial charge in [-0.15, -0.1) is 0 Å². The lowest BCUT2D eigenvalue weighted by Crippen LogP contribution is -2.43. The maximum absolute atomic E-state index is 12.1. The molecule has 5 nitrogen and oxygen atoms in total. The molecule has 1 saturated carbocycles. The predicted molar refractivity (Wildman–Crippen MR) is 86.0 cm³/mol. The number of anilines is 1. The van der Waals surface area contributed by atoms with Gasteiger partial charge in [-0.05, 0) is 49.9 Å². The van der Waals surface area contributed by atoms with E-state index in [1.165, 1.54) is 19.3 Å². The zero-order valence-corrected chi connectivity index (χ0v) is 13.4. The lowest BCUT2D eigenvalue weighted by Gasteiger charge is -2.39. The quantitative estimate of drug-likeness (QED) is 0.766. The molecule has 1 aliphatic rings. The van der Waals surface area contributed by atoms with E-state index in [-0.39, 0.29) is 0 Å². The first-order valence-corrected chi connectivity index (χ1v) is 9.13. The van der Waals surface area contributed by atoms with Gasteiger partial charge in [-0.25, -0.2) is 13.1 Å². The van der Waals surface area contributed by atoms with Crippen molar-refractivity contribution in [2.24, 2.45) is 5.73 Å². The highest BCUT2D eigenvalue weighted by molar-refractivity contribution is 7.89. The third kappa shape index (κ3) is 3.96. The zero-order chi connectivity index (χ0) is 15.3. The smallest absolute Gasteiger partial charge is 0.240 e. The molecule has 0 aromatic heterocycles. The van der Waals surface area contributed by atoms with Crippen molar-refractivity contribution in [2.45, 2.75) is 43.5 Å². The second kappa shape index (κ2) is 7.24. The van der Waals surface area contributed by atoms with E-state index in [0.29, 0.717) is 24.0 Å². The molecule has 0 amide bonds. The molecule has 1 aliphatic carbocycles. The van der Waals surface area contributed by atoms with E-state index in [1.807, 2.05) is 19.1 Å². The largest absolute Gasteiger partial charge is 0.367 e. The van der Waals surface area contributed by atoms with Gasteiger partial charge in [-0.1, -0.05) is 6.92 Å². The van der Waals surface area contributed by atoms with Crippen LogP contribution in [-0.2, 0) is 10.0 Å². The van der Waals surface area contributed by atoms with Crippen LogP contribution in [0, 0.1) is 0 Å². The van der Waals surface area contributed by atoms with Gasteiger partial charge in [0.05, 0.1) is 4.90 Å². The van der Waals surface area contributed by atoms with Crippen LogP contribution in [0.15, 0.2) is 29.2 Å². The van der Waals surface area contributed by atoms with E-state index >= 15 is 0 Å². The van der Waals surface area contributed by atoms with Crippen molar-refractivity contribution in [1.82, 2.24) is 4.72 Å². The lowest BCUT2D eigenvalue weighted by molar-refractivity contribution is 0.388. The minimum absolute atomic E-state index is 0.320. The van der Waals surface area contributed by atoms with Gasteiger partial charge in [0.15, 0.2) is 0 Å². The van der Waals surface area contributed by atoms with Crippen molar-refractivity contribution >= 4 is 15.7 Å². The van der Waals surface area contributed by atoms with E-state index in [4.69, 9.17) is 5.73 Å². The van der Waals surface area contributed by atoms with Gasteiger partial charge in [0.1, 0.15) is 0 Å². The van der Waals surface area contributed by atoms with Crippen LogP contribution < -0.4 is 15.4 Å². The van der Waals surface area contributed by atoms with Crippen LogP contribution in [0.1, 0.15) is 32.6 Å². The molecule has 1 aromatic rings. The van der Waals surface area contributed by atoms with E-state index in [0.717, 1.165) is 18.7 Å². The number of nitrogens with zero attached hydrogens (tertiary/aromatic N) is 1. The molecule has 6 heteroatoms. The molecule has 0 heterocycles. The third-order valence-electron chi connectivity index (χ3n) is 3.91. The molecule has 0 unspecified atom stereocenters. The summed E-state index contributed by atoms with van der Waals surface area (Å²) >= 11 is 0. The van der Waals surface area contributed by atoms with E-state index in [9.17, 15) is 8.42 Å². The molecule has 2 rings (SSSR count). The molecule has 0 spiro atoms. The molecule has 1 aromatic carbocycles. The topological polar surface area (TPSA) is 75.4 Å². The van der Waals surface area contributed by atoms with Gasteiger partial charge in [-0.2, -0.15) is 0 Å². The summed E-state index contributed by atoms with van der Waals surface area (Å²) in [6.07, 6.45) is 4.43. The standard InChI is InChI=1S/C15H25N3O2S/c1-2-11-17-21(19,20)15-8-6-14(7-9-15)18(12-10-16)13-4-3-5-13/h6-9,13,17H,2-5,10-12,16H2,1H3. The number of rotatable bonds is 8. The Labute approximate surface area is 127 Å². The second-order valence-corrected chi connectivity index (χ2v) is 7.23. The molecule has 0 bridgehead atoms. The van der Waals surface area contributed by atoms with Gasteiger partial charge in [-0.3, -0.25) is 0 Å². The monoisotopic (exact) mass is 311 g/mol. The van der Waals surface area contributed by atoms with Gasteiger partial charge in [0, 0.05) is 31.4 Å². The van der Waals surface area contributed by atoms with Crippen LogP contribution in [0.5, 0.6) is 0 Å². The molecule has 1 fully saturated rings. The van der Waals surface area contributed by atoms with E-state index in [1.54, 1.807) is 12.1 Å². The summed E-state index contributed by atoms with van der Waals surface area (Å²) in [4.78, 5) is 2.61. The predicted octanol–water partition coefficient (Wildman–Crippen LogP) is 1.69. The molecule has 118 valence electrons. The number of benzene rings is 1. The Balaban J connectivity index is 2.13. The van der Waals surface area contributed by atoms with Crippen molar-refractivity contribution in [3.8, 4) is 0 Å². The minimum atomic E-state index is -3.38. The SMILES string of the molecule is CCCNS(=O)(=O)c1ccc(N(CCN)C2CCC2)cc1. The van der Waals surface area contributed by atoms with Gasteiger partial charge in [0.2, 0.25) is 10.0 Å². The number of sulfonamides is 1. The molecule has 3 N–H and O–H groups in total. The Hall–Kier alpha value is -1.11. The summed E-state index contributed by atoms with van der Waals surface area (Å²) in [5.74, 6) is 0. The lowest BCUT2D eigenvalue weighted by atomic mass is 9.91. The highest BCUT2D eigenvalue weighted by Crippen LogP contribution is 2.29. The highest BCUT2D eigenvalue weighted by Gasteiger charge is 2.25. The molecule has 0 atom stereocenters. The number of nitrogens with two attached hydrogens (primary N) is 1. The third-order valence-corrected chi connectivity index (χ3v) is 5.38. The van der Waals surface area contributed by atoms with Crippen LogP contribution in [-0.4, -0.2) is 34.1 Å². The van der Waals surface area contributed by atoms with E-state index < -0.39 is 10.0 Å². The first-order chi connectivity index (χ1) is 10.1. The maximum Gasteiger partial charge on any atom is 0.240 e. The molecule has 0 radical (unpaired) electrons. The van der Waals surface area contributed by atoms with Crippen molar-refractivity contribution in [3.05, 3.63) is 24.3 Å². The Bertz CT molecular complexity index is 539. The molecule has 0 aliphatic heterocycles. The normalized spacial score (nSPS) is 15.7. The Morgan fingerprint density at radius 1 is 1.29 bits per heavy atom. The van der Waals surface area contributed by atoms with Crippen LogP contribution in [0.4, 0.5) is 5.69 Å². The van der Waals surface area contributed by atoms with Crippen molar-refractivity contribution in [2.75, 3.05) is 24.5 Å². The van der Waals surface area contributed by atoms with Gasteiger partial charge >= 0.3 is 0 Å². The van der Waals surface area contributed by atoms with E-state index in [2.05, 4.69) is 9.62 Å². The Morgan fingerprint density at radius 3 is 2.43 bits per heavy atom. The fraction of sp³-hybridized carbons (Fsp3) is 0.600. The fourth-order valence-electron chi connectivity index (χ4n) is 2.50. The fourth-order valence-corrected chi connectivity index (χ4v) is 3.63. The Morgan fingerprint density at radius 2 is 1.95 bits per heavy atom. The Kier molecular flexibility index (Phi) is 5.61. The average Bonchev–Trinajstić information content (AvgIpc) is 2.43. The molecule has 21 heavy (non-hydrogen) atoms. The number of hydrogen-bond donors (Lipinski definition) is 2. The molecular formula is C15H25N3O2S. The second-order valence-electron chi connectivity index (χ2n) is 5.46. The van der Waals surface area contributed by atoms with Gasteiger partial charge < -0.3 is 10.6 Å². The van der Waals surface area contributed by atoms with Crippen LogP contribution >= 0.6 is 0 Å². The van der Waals surface area contributed by atoms with Crippen molar-refractivity contribution < 1.29 is 8.42 Å². The first-order valence-electron chi connectivity index (χ1n) is 7.65. The summed E-state index contributed by atoms with van der Waals surface area (Å²) < 4.78 is 26.7. The minimum Gasteiger partial charge on any atom is -0.367 e. The van der Waals surface area contributed by atoms with Crippen LogP contribution in [0.2, 0.25) is 0 Å². The maximum atomic E-state index is 12.1. The summed E-state index contributed by atoms with van der Waals surface area (Å²) in [5.41, 5.74) is 6.74. The first kappa shape index (κ1) is 16.3. The highest BCUT2D eigenvalue weighted by atomic mass is 32.2. The van der Waals surface area contributed by atoms with Gasteiger partial charge in [0.25, 0.3) is 0 Å². The summed E-state index contributed by atoms with van der Waals surface area (Å²) in [6, 6.07) is 7.67. The summed E-state index contributed by atoms with van der Waals surface area (Å²) in [6.45, 7) is 3.82.